The molecule has 27 heavy (non-hydrogen) atoms. The fourth-order valence-electron chi connectivity index (χ4n) is 3.30. The molecule has 0 saturated carbocycles. The highest BCUT2D eigenvalue weighted by Crippen LogP contribution is 2.24. The summed E-state index contributed by atoms with van der Waals surface area (Å²) in [4.78, 5) is 20.0. The molecule has 2 aromatic carbocycles. The molecule has 1 aromatic heterocycles. The van der Waals surface area contributed by atoms with E-state index >= 15 is 0 Å². The zero-order valence-corrected chi connectivity index (χ0v) is 14.9. The molecule has 0 spiro atoms. The summed E-state index contributed by atoms with van der Waals surface area (Å²) in [6.45, 7) is 1.75. The number of amides is 1. The van der Waals surface area contributed by atoms with Crippen molar-refractivity contribution >= 4 is 16.9 Å². The molecular weight excluding hydrogens is 342 g/mol. The van der Waals surface area contributed by atoms with Gasteiger partial charge in [0.2, 0.25) is 5.91 Å². The Morgan fingerprint density at radius 1 is 1.22 bits per heavy atom. The van der Waals surface area contributed by atoms with Gasteiger partial charge >= 0.3 is 0 Å². The van der Waals surface area contributed by atoms with Crippen LogP contribution in [0.2, 0.25) is 0 Å². The maximum absolute atomic E-state index is 12.3. The van der Waals surface area contributed by atoms with E-state index in [2.05, 4.69) is 20.6 Å². The predicted molar refractivity (Wildman–Crippen MR) is 103 cm³/mol. The number of para-hydroxylation sites is 1. The maximum Gasteiger partial charge on any atom is 0.237 e. The summed E-state index contributed by atoms with van der Waals surface area (Å²) < 4.78 is 5.85. The lowest BCUT2D eigenvalue weighted by Crippen LogP contribution is -2.40. The van der Waals surface area contributed by atoms with E-state index in [1.54, 1.807) is 0 Å². The van der Waals surface area contributed by atoms with Crippen molar-refractivity contribution in [2.45, 2.75) is 19.0 Å². The summed E-state index contributed by atoms with van der Waals surface area (Å²) in [6, 6.07) is 15.1. The molecule has 2 atom stereocenters. The van der Waals surface area contributed by atoms with Crippen LogP contribution in [0.25, 0.3) is 11.0 Å². The number of aromatic amines is 1. The standard InChI is InChI=1S/C20H23N5O2/c21-10-13-8-18(22-11-13)20(26)23-12-19-24-16-7-6-15(9-17(16)25-19)27-14-4-2-1-3-5-14/h1-7,9,13,18,22H,8,10-12,21H2,(H,23,26)(H,24,25)/t13-,18+/m0/s1. The first-order valence-electron chi connectivity index (χ1n) is 9.14. The topological polar surface area (TPSA) is 105 Å². The zero-order chi connectivity index (χ0) is 18.6. The molecule has 0 bridgehead atoms. The number of H-pyrrole nitrogens is 1. The van der Waals surface area contributed by atoms with Crippen molar-refractivity contribution in [1.82, 2.24) is 20.6 Å². The van der Waals surface area contributed by atoms with Crippen LogP contribution in [0.5, 0.6) is 11.5 Å². The molecule has 3 aromatic rings. The number of rotatable bonds is 6. The van der Waals surface area contributed by atoms with Crippen LogP contribution in [0.4, 0.5) is 0 Å². The first kappa shape index (κ1) is 17.5. The van der Waals surface area contributed by atoms with Crippen molar-refractivity contribution in [2.24, 2.45) is 11.7 Å². The summed E-state index contributed by atoms with van der Waals surface area (Å²) in [7, 11) is 0. The quantitative estimate of drug-likeness (QED) is 0.534. The van der Waals surface area contributed by atoms with E-state index in [4.69, 9.17) is 10.5 Å². The third-order valence-electron chi connectivity index (χ3n) is 4.78. The SMILES string of the molecule is NC[C@H]1CN[C@@H](C(=O)NCc2nc3ccc(Oc4ccccc4)cc3[nH]2)C1. The van der Waals surface area contributed by atoms with Crippen LogP contribution < -0.4 is 21.1 Å². The fraction of sp³-hybridized carbons (Fsp3) is 0.300. The Labute approximate surface area is 157 Å². The van der Waals surface area contributed by atoms with Crippen molar-refractivity contribution in [1.29, 1.82) is 0 Å². The minimum absolute atomic E-state index is 0.0143. The Morgan fingerprint density at radius 2 is 2.07 bits per heavy atom. The van der Waals surface area contributed by atoms with Gasteiger partial charge in [-0.05, 0) is 49.7 Å². The minimum Gasteiger partial charge on any atom is -0.457 e. The summed E-state index contributed by atoms with van der Waals surface area (Å²) in [5.41, 5.74) is 7.37. The fourth-order valence-corrected chi connectivity index (χ4v) is 3.30. The number of carbonyl (C=O) groups is 1. The van der Waals surface area contributed by atoms with Gasteiger partial charge in [-0.15, -0.1) is 0 Å². The van der Waals surface area contributed by atoms with Crippen molar-refractivity contribution in [3.8, 4) is 11.5 Å². The van der Waals surface area contributed by atoms with Crippen molar-refractivity contribution in [3.05, 3.63) is 54.4 Å². The first-order chi connectivity index (χ1) is 13.2. The van der Waals surface area contributed by atoms with Crippen LogP contribution >= 0.6 is 0 Å². The second kappa shape index (κ2) is 7.77. The van der Waals surface area contributed by atoms with E-state index in [1.165, 1.54) is 0 Å². The number of hydrogen-bond acceptors (Lipinski definition) is 5. The third-order valence-corrected chi connectivity index (χ3v) is 4.78. The number of nitrogens with one attached hydrogen (secondary N) is 3. The Morgan fingerprint density at radius 3 is 2.85 bits per heavy atom. The van der Waals surface area contributed by atoms with Crippen LogP contribution in [-0.2, 0) is 11.3 Å². The van der Waals surface area contributed by atoms with Gasteiger partial charge in [0.05, 0.1) is 23.6 Å². The highest BCUT2D eigenvalue weighted by Gasteiger charge is 2.28. The second-order valence-corrected chi connectivity index (χ2v) is 6.79. The molecule has 140 valence electrons. The molecule has 0 aliphatic carbocycles. The Hall–Kier alpha value is -2.90. The van der Waals surface area contributed by atoms with E-state index in [-0.39, 0.29) is 11.9 Å². The van der Waals surface area contributed by atoms with Crippen LogP contribution in [0.15, 0.2) is 48.5 Å². The Bertz CT molecular complexity index is 925. The average molecular weight is 365 g/mol. The number of aromatic nitrogens is 2. The van der Waals surface area contributed by atoms with E-state index in [0.29, 0.717) is 24.8 Å². The Balaban J connectivity index is 1.39. The molecule has 1 fully saturated rings. The van der Waals surface area contributed by atoms with Crippen LogP contribution in [-0.4, -0.2) is 35.0 Å². The van der Waals surface area contributed by atoms with Gasteiger partial charge in [0.15, 0.2) is 0 Å². The monoisotopic (exact) mass is 365 g/mol. The van der Waals surface area contributed by atoms with E-state index in [1.807, 2.05) is 48.5 Å². The van der Waals surface area contributed by atoms with Crippen molar-refractivity contribution in [2.75, 3.05) is 13.1 Å². The first-order valence-corrected chi connectivity index (χ1v) is 9.14. The lowest BCUT2D eigenvalue weighted by atomic mass is 10.1. The number of nitrogens with two attached hydrogens (primary N) is 1. The number of hydrogen-bond donors (Lipinski definition) is 4. The van der Waals surface area contributed by atoms with Crippen molar-refractivity contribution < 1.29 is 9.53 Å². The molecule has 0 radical (unpaired) electrons. The van der Waals surface area contributed by atoms with Crippen LogP contribution in [0, 0.1) is 5.92 Å². The van der Waals surface area contributed by atoms with Gasteiger partial charge in [-0.3, -0.25) is 4.79 Å². The number of imidazole rings is 1. The number of carbonyl (C=O) groups excluding carboxylic acids is 1. The number of ether oxygens (including phenoxy) is 1. The molecule has 1 saturated heterocycles. The molecule has 1 aliphatic rings. The van der Waals surface area contributed by atoms with Gasteiger partial charge in [-0.25, -0.2) is 4.98 Å². The smallest absolute Gasteiger partial charge is 0.237 e. The summed E-state index contributed by atoms with van der Waals surface area (Å²) in [6.07, 6.45) is 0.780. The largest absolute Gasteiger partial charge is 0.457 e. The van der Waals surface area contributed by atoms with Gasteiger partial charge in [0.25, 0.3) is 0 Å². The molecular formula is C20H23N5O2. The molecule has 2 heterocycles. The summed E-state index contributed by atoms with van der Waals surface area (Å²) >= 11 is 0. The predicted octanol–water partition coefficient (Wildman–Crippen LogP) is 1.91. The van der Waals surface area contributed by atoms with Gasteiger partial charge in [0.1, 0.15) is 17.3 Å². The van der Waals surface area contributed by atoms with E-state index in [9.17, 15) is 4.79 Å². The number of nitrogens with zero attached hydrogens (tertiary/aromatic N) is 1. The molecule has 5 N–H and O–H groups in total. The van der Waals surface area contributed by atoms with Gasteiger partial charge in [-0.1, -0.05) is 18.2 Å². The highest BCUT2D eigenvalue weighted by molar-refractivity contribution is 5.82. The van der Waals surface area contributed by atoms with Crippen molar-refractivity contribution in [3.63, 3.8) is 0 Å². The molecule has 1 aliphatic heterocycles. The van der Waals surface area contributed by atoms with E-state index < -0.39 is 0 Å². The van der Waals surface area contributed by atoms with Crippen LogP contribution in [0.1, 0.15) is 12.2 Å². The molecule has 1 amide bonds. The lowest BCUT2D eigenvalue weighted by molar-refractivity contribution is -0.123. The van der Waals surface area contributed by atoms with Crippen LogP contribution in [0.3, 0.4) is 0 Å². The number of benzene rings is 2. The minimum atomic E-state index is -0.172. The average Bonchev–Trinajstić information content (AvgIpc) is 3.33. The van der Waals surface area contributed by atoms with Gasteiger partial charge in [0, 0.05) is 6.07 Å². The van der Waals surface area contributed by atoms with E-state index in [0.717, 1.165) is 35.5 Å². The molecule has 7 heteroatoms. The molecule has 0 unspecified atom stereocenters. The maximum atomic E-state index is 12.3. The normalized spacial score (nSPS) is 19.3. The zero-order valence-electron chi connectivity index (χ0n) is 14.9. The highest BCUT2D eigenvalue weighted by atomic mass is 16.5. The van der Waals surface area contributed by atoms with Gasteiger partial charge in [-0.2, -0.15) is 0 Å². The molecule has 4 rings (SSSR count). The lowest BCUT2D eigenvalue weighted by Gasteiger charge is -2.10. The summed E-state index contributed by atoms with van der Waals surface area (Å²) in [5.74, 6) is 2.58. The molecule has 7 nitrogen and oxygen atoms in total. The number of fused-ring (bicyclic) bond motifs is 1. The third kappa shape index (κ3) is 4.10. The summed E-state index contributed by atoms with van der Waals surface area (Å²) in [5, 5.41) is 6.15. The Kier molecular flexibility index (Phi) is 5.04. The van der Waals surface area contributed by atoms with Gasteiger partial charge < -0.3 is 26.1 Å². The second-order valence-electron chi connectivity index (χ2n) is 6.79.